The van der Waals surface area contributed by atoms with Gasteiger partial charge in [-0.2, -0.15) is 0 Å². The van der Waals surface area contributed by atoms with Crippen molar-refractivity contribution in [1.82, 2.24) is 9.80 Å². The van der Waals surface area contributed by atoms with E-state index in [1.807, 2.05) is 36.9 Å². The highest BCUT2D eigenvalue weighted by molar-refractivity contribution is 5.93. The zero-order valence-electron chi connectivity index (χ0n) is 23.1. The molecule has 1 fully saturated rings. The second-order valence-electron chi connectivity index (χ2n) is 7.39. The fourth-order valence-corrected chi connectivity index (χ4v) is 3.39. The van der Waals surface area contributed by atoms with E-state index in [2.05, 4.69) is 5.32 Å². The maximum Gasteiger partial charge on any atom is 0.238 e. The van der Waals surface area contributed by atoms with E-state index in [1.165, 1.54) is 24.1 Å². The van der Waals surface area contributed by atoms with Crippen LogP contribution in [0, 0.1) is 13.8 Å². The molecule has 168 valence electrons. The van der Waals surface area contributed by atoms with Gasteiger partial charge in [0.15, 0.2) is 11.5 Å². The number of carbonyl (C=O) groups excluding carboxylic acids is 1. The lowest BCUT2D eigenvalue weighted by Crippen LogP contribution is -2.50. The Labute approximate surface area is 191 Å². The van der Waals surface area contributed by atoms with E-state index < -0.39 is 19.1 Å². The van der Waals surface area contributed by atoms with Gasteiger partial charge in [-0.15, -0.1) is 0 Å². The predicted octanol–water partition coefficient (Wildman–Crippen LogP) is 2.31. The number of nitrogens with zero attached hydrogens (tertiary/aromatic N) is 2. The predicted molar refractivity (Wildman–Crippen MR) is 122 cm³/mol. The second-order valence-corrected chi connectivity index (χ2v) is 7.39. The van der Waals surface area contributed by atoms with Crippen molar-refractivity contribution in [2.45, 2.75) is 19.9 Å². The number of piperazine rings is 1. The van der Waals surface area contributed by atoms with Crippen molar-refractivity contribution in [3.63, 3.8) is 0 Å². The van der Waals surface area contributed by atoms with Gasteiger partial charge in [-0.3, -0.25) is 14.6 Å². The van der Waals surface area contributed by atoms with Crippen LogP contribution in [0.4, 0.5) is 5.69 Å². The molecule has 1 unspecified atom stereocenters. The molecular formula is C24H33N3O4. The first-order valence-electron chi connectivity index (χ1n) is 12.7. The van der Waals surface area contributed by atoms with Crippen molar-refractivity contribution in [2.75, 3.05) is 58.2 Å². The minimum atomic E-state index is -3.29. The Morgan fingerprint density at radius 1 is 1.10 bits per heavy atom. The standard InChI is InChI=1S/C24H33N3O4/c1-18-7-6-8-19(2)24(18)25-23(29)16-27-13-11-26(12-14-27)15-20(28)17-31-22-10-5-4-9-21(22)30-3/h4-10,20,28H,11-17H2,1-3H3,(H,25,29)/i15D2,17D2,20D. The highest BCUT2D eigenvalue weighted by Crippen LogP contribution is 2.25. The summed E-state index contributed by atoms with van der Waals surface area (Å²) in [5, 5.41) is 13.7. The molecule has 1 saturated heterocycles. The highest BCUT2D eigenvalue weighted by Gasteiger charge is 2.21. The largest absolute Gasteiger partial charge is 0.493 e. The summed E-state index contributed by atoms with van der Waals surface area (Å²) in [5.74, 6) is -0.0703. The molecule has 31 heavy (non-hydrogen) atoms. The molecule has 7 heteroatoms. The monoisotopic (exact) mass is 432 g/mol. The summed E-state index contributed by atoms with van der Waals surface area (Å²) < 4.78 is 52.0. The van der Waals surface area contributed by atoms with Gasteiger partial charge >= 0.3 is 0 Å². The van der Waals surface area contributed by atoms with Crippen LogP contribution in [0.3, 0.4) is 0 Å². The molecule has 1 aliphatic heterocycles. The number of amides is 1. The van der Waals surface area contributed by atoms with Crippen LogP contribution in [-0.4, -0.2) is 79.8 Å². The molecule has 0 saturated carbocycles. The van der Waals surface area contributed by atoms with Crippen LogP contribution in [-0.2, 0) is 4.79 Å². The van der Waals surface area contributed by atoms with Crippen molar-refractivity contribution in [2.24, 2.45) is 0 Å². The third kappa shape index (κ3) is 6.69. The zero-order valence-corrected chi connectivity index (χ0v) is 18.1. The lowest BCUT2D eigenvalue weighted by Gasteiger charge is -2.35. The molecule has 2 N–H and O–H groups in total. The summed E-state index contributed by atoms with van der Waals surface area (Å²) in [4.78, 5) is 15.6. The van der Waals surface area contributed by atoms with Gasteiger partial charge in [-0.25, -0.2) is 0 Å². The molecule has 2 aromatic carbocycles. The van der Waals surface area contributed by atoms with Crippen molar-refractivity contribution in [3.8, 4) is 11.5 Å². The summed E-state index contributed by atoms with van der Waals surface area (Å²) in [5.41, 5.74) is 2.69. The van der Waals surface area contributed by atoms with Crippen LogP contribution in [0.2, 0.25) is 0 Å². The average Bonchev–Trinajstić information content (AvgIpc) is 2.82. The third-order valence-corrected chi connectivity index (χ3v) is 5.08. The van der Waals surface area contributed by atoms with Crippen LogP contribution < -0.4 is 14.8 Å². The summed E-state index contributed by atoms with van der Waals surface area (Å²) in [7, 11) is 1.37. The summed E-state index contributed by atoms with van der Waals surface area (Å²) in [6.07, 6.45) is -3.29. The van der Waals surface area contributed by atoms with Gasteiger partial charge in [0.1, 0.15) is 12.6 Å². The molecule has 3 rings (SSSR count). The Kier molecular flexibility index (Phi) is 6.11. The van der Waals surface area contributed by atoms with Gasteiger partial charge in [0.05, 0.1) is 17.8 Å². The molecule has 0 spiro atoms. The number of hydrogen-bond donors (Lipinski definition) is 2. The first kappa shape index (κ1) is 17.0. The fraction of sp³-hybridized carbons (Fsp3) is 0.458. The number of para-hydroxylation sites is 3. The number of hydrogen-bond acceptors (Lipinski definition) is 6. The van der Waals surface area contributed by atoms with E-state index in [0.29, 0.717) is 13.1 Å². The Balaban J connectivity index is 1.63. The summed E-state index contributed by atoms with van der Waals surface area (Å²) >= 11 is 0. The van der Waals surface area contributed by atoms with Crippen LogP contribution in [0.15, 0.2) is 42.5 Å². The smallest absolute Gasteiger partial charge is 0.238 e. The van der Waals surface area contributed by atoms with Gasteiger partial charge < -0.3 is 19.9 Å². The number of benzene rings is 2. The molecule has 2 aromatic rings. The fourth-order valence-electron chi connectivity index (χ4n) is 3.39. The second kappa shape index (κ2) is 11.1. The first-order chi connectivity index (χ1) is 16.8. The lowest BCUT2D eigenvalue weighted by molar-refractivity contribution is -0.117. The molecule has 1 amide bonds. The van der Waals surface area contributed by atoms with Crippen LogP contribution >= 0.6 is 0 Å². The van der Waals surface area contributed by atoms with Crippen molar-refractivity contribution < 1.29 is 26.2 Å². The lowest BCUT2D eigenvalue weighted by atomic mass is 10.1. The van der Waals surface area contributed by atoms with Crippen LogP contribution in [0.1, 0.15) is 18.0 Å². The maximum atomic E-state index is 12.6. The average molecular weight is 433 g/mol. The number of rotatable bonds is 9. The molecular weight excluding hydrogens is 394 g/mol. The zero-order chi connectivity index (χ0) is 26.7. The Bertz CT molecular complexity index is 1060. The number of anilines is 1. The van der Waals surface area contributed by atoms with E-state index in [0.717, 1.165) is 16.8 Å². The Hall–Kier alpha value is -2.61. The Morgan fingerprint density at radius 2 is 1.71 bits per heavy atom. The number of aliphatic hydroxyl groups is 1. The highest BCUT2D eigenvalue weighted by atomic mass is 16.5. The molecule has 0 aromatic heterocycles. The molecule has 7 nitrogen and oxygen atoms in total. The molecule has 0 bridgehead atoms. The number of ether oxygens (including phenoxy) is 2. The SMILES string of the molecule is [2H]C([2H])(Oc1ccccc1OC)C([2H])(O)C([2H])([2H])N1CCN(CC(=O)Nc2c(C)cccc2C)CC1. The van der Waals surface area contributed by atoms with Crippen molar-refractivity contribution in [1.29, 1.82) is 0 Å². The summed E-state index contributed by atoms with van der Waals surface area (Å²) in [6.45, 7) is -1.22. The molecule has 0 radical (unpaired) electrons. The van der Waals surface area contributed by atoms with Crippen LogP contribution in [0.25, 0.3) is 0 Å². The normalized spacial score (nSPS) is 20.3. The first-order valence-corrected chi connectivity index (χ1v) is 10.2. The molecule has 1 heterocycles. The number of β-amino-alcohol motifs (C(OH)–C–C–N with tert-alkyl or cyclic N) is 1. The molecule has 0 aliphatic carbocycles. The number of nitrogens with one attached hydrogen (secondary N) is 1. The molecule has 1 atom stereocenters. The van der Waals surface area contributed by atoms with Gasteiger partial charge in [-0.05, 0) is 37.1 Å². The minimum absolute atomic E-state index is 0.0637. The topological polar surface area (TPSA) is 74.3 Å². The number of carbonyl (C=O) groups is 1. The third-order valence-electron chi connectivity index (χ3n) is 5.08. The van der Waals surface area contributed by atoms with Gasteiger partial charge in [0.25, 0.3) is 0 Å². The van der Waals surface area contributed by atoms with E-state index >= 15 is 0 Å². The van der Waals surface area contributed by atoms with Crippen molar-refractivity contribution >= 4 is 11.6 Å². The van der Waals surface area contributed by atoms with E-state index in [-0.39, 0.29) is 37.0 Å². The minimum Gasteiger partial charge on any atom is -0.493 e. The quantitative estimate of drug-likeness (QED) is 0.634. The number of methoxy groups -OCH3 is 1. The van der Waals surface area contributed by atoms with Gasteiger partial charge in [0.2, 0.25) is 5.91 Å². The van der Waals surface area contributed by atoms with Gasteiger partial charge in [-0.1, -0.05) is 30.3 Å². The van der Waals surface area contributed by atoms with E-state index in [9.17, 15) is 9.90 Å². The van der Waals surface area contributed by atoms with Crippen molar-refractivity contribution in [3.05, 3.63) is 53.6 Å². The van der Waals surface area contributed by atoms with Crippen LogP contribution in [0.5, 0.6) is 11.5 Å². The number of aryl methyl sites for hydroxylation is 2. The maximum absolute atomic E-state index is 12.6. The van der Waals surface area contributed by atoms with Gasteiger partial charge in [0, 0.05) is 41.1 Å². The van der Waals surface area contributed by atoms with E-state index in [4.69, 9.17) is 16.3 Å². The summed E-state index contributed by atoms with van der Waals surface area (Å²) in [6, 6.07) is 11.9. The molecule has 1 aliphatic rings. The van der Waals surface area contributed by atoms with E-state index in [1.54, 1.807) is 12.1 Å². The Morgan fingerprint density at radius 3 is 2.35 bits per heavy atom.